The molecule has 0 fully saturated rings. The van der Waals surface area contributed by atoms with E-state index in [1.54, 1.807) is 11.8 Å². The molecular weight excluding hydrogens is 374 g/mol. The van der Waals surface area contributed by atoms with Gasteiger partial charge in [-0.2, -0.15) is 5.26 Å². The number of hydrogen-bond acceptors (Lipinski definition) is 4. The van der Waals surface area contributed by atoms with E-state index in [9.17, 15) is 10.1 Å². The van der Waals surface area contributed by atoms with Gasteiger partial charge in [0.1, 0.15) is 0 Å². The first-order valence-corrected chi connectivity index (χ1v) is 9.97. The Labute approximate surface area is 170 Å². The zero-order chi connectivity index (χ0) is 19.9. The van der Waals surface area contributed by atoms with Gasteiger partial charge < -0.3 is 5.11 Å². The average Bonchev–Trinajstić information content (AvgIpc) is 2.67. The number of carboxylic acids is 1. The Morgan fingerprint density at radius 1 is 1.11 bits per heavy atom. The van der Waals surface area contributed by atoms with Gasteiger partial charge in [0, 0.05) is 11.2 Å². The van der Waals surface area contributed by atoms with E-state index in [0.717, 1.165) is 15.3 Å². The molecule has 0 aliphatic heterocycles. The lowest BCUT2D eigenvalue weighted by molar-refractivity contribution is -0.137. The summed E-state index contributed by atoms with van der Waals surface area (Å²) in [5.74, 6) is -0.884. The molecule has 0 aromatic heterocycles. The monoisotopic (exact) mass is 397 g/mol. The van der Waals surface area contributed by atoms with Crippen LogP contribution in [-0.2, 0) is 9.54 Å². The topological polar surface area (TPSA) is 61.1 Å². The summed E-state index contributed by atoms with van der Waals surface area (Å²) >= 11 is 7.25. The number of thiocarbonyl (C=S) groups is 1. The number of benzene rings is 2. The van der Waals surface area contributed by atoms with Crippen LogP contribution in [0.1, 0.15) is 44.2 Å². The SMILES string of the molecule is CC(C#N)(CCC(=O)O)CC(C)(SC(=S)c1ccccc1)c1ccccc1. The molecule has 2 unspecified atom stereocenters. The number of aliphatic carboxylic acids is 1. The van der Waals surface area contributed by atoms with Crippen LogP contribution in [0.15, 0.2) is 60.7 Å². The van der Waals surface area contributed by atoms with Crippen molar-refractivity contribution in [1.82, 2.24) is 0 Å². The van der Waals surface area contributed by atoms with Crippen molar-refractivity contribution in [3.05, 3.63) is 71.8 Å². The summed E-state index contributed by atoms with van der Waals surface area (Å²) in [5, 5.41) is 18.8. The number of carbonyl (C=O) groups is 1. The molecule has 0 radical (unpaired) electrons. The second-order valence-electron chi connectivity index (χ2n) is 7.10. The first-order valence-electron chi connectivity index (χ1n) is 8.75. The summed E-state index contributed by atoms with van der Waals surface area (Å²) in [5.41, 5.74) is 1.29. The van der Waals surface area contributed by atoms with Crippen molar-refractivity contribution in [2.45, 2.75) is 37.9 Å². The van der Waals surface area contributed by atoms with Crippen molar-refractivity contribution in [3.63, 3.8) is 0 Å². The molecule has 0 aliphatic carbocycles. The third kappa shape index (κ3) is 5.92. The highest BCUT2D eigenvalue weighted by Crippen LogP contribution is 2.48. The van der Waals surface area contributed by atoms with Gasteiger partial charge >= 0.3 is 5.97 Å². The molecule has 0 spiro atoms. The van der Waals surface area contributed by atoms with Crippen molar-refractivity contribution < 1.29 is 9.90 Å². The van der Waals surface area contributed by atoms with Gasteiger partial charge in [-0.1, -0.05) is 72.9 Å². The molecule has 0 amide bonds. The second-order valence-corrected chi connectivity index (χ2v) is 9.28. The van der Waals surface area contributed by atoms with E-state index in [0.29, 0.717) is 12.8 Å². The minimum atomic E-state index is -0.884. The summed E-state index contributed by atoms with van der Waals surface area (Å²) < 4.78 is 0.317. The summed E-state index contributed by atoms with van der Waals surface area (Å²) in [7, 11) is 0. The number of hydrogen-bond donors (Lipinski definition) is 1. The molecule has 2 aromatic carbocycles. The largest absolute Gasteiger partial charge is 0.481 e. The fraction of sp³-hybridized carbons (Fsp3) is 0.318. The fourth-order valence-electron chi connectivity index (χ4n) is 3.14. The van der Waals surface area contributed by atoms with Crippen LogP contribution < -0.4 is 0 Å². The fourth-order valence-corrected chi connectivity index (χ4v) is 5.13. The number of nitriles is 1. The van der Waals surface area contributed by atoms with Crippen LogP contribution in [0, 0.1) is 16.7 Å². The molecule has 0 saturated heterocycles. The molecule has 27 heavy (non-hydrogen) atoms. The molecular formula is C22H23NO2S2. The molecule has 0 bridgehead atoms. The van der Waals surface area contributed by atoms with Crippen LogP contribution in [0.3, 0.4) is 0 Å². The van der Waals surface area contributed by atoms with E-state index in [-0.39, 0.29) is 6.42 Å². The molecule has 5 heteroatoms. The Morgan fingerprint density at radius 2 is 1.67 bits per heavy atom. The smallest absolute Gasteiger partial charge is 0.303 e. The molecule has 0 saturated carbocycles. The van der Waals surface area contributed by atoms with Crippen LogP contribution in [0.2, 0.25) is 0 Å². The second kappa shape index (κ2) is 9.16. The van der Waals surface area contributed by atoms with Crippen molar-refractivity contribution in [2.75, 3.05) is 0 Å². The minimum Gasteiger partial charge on any atom is -0.481 e. The lowest BCUT2D eigenvalue weighted by Gasteiger charge is -2.36. The third-order valence-electron chi connectivity index (χ3n) is 4.60. The zero-order valence-corrected chi connectivity index (χ0v) is 17.1. The molecule has 2 atom stereocenters. The van der Waals surface area contributed by atoms with Crippen LogP contribution in [0.4, 0.5) is 0 Å². The van der Waals surface area contributed by atoms with Crippen molar-refractivity contribution >= 4 is 34.1 Å². The van der Waals surface area contributed by atoms with E-state index >= 15 is 0 Å². The van der Waals surface area contributed by atoms with E-state index < -0.39 is 16.1 Å². The van der Waals surface area contributed by atoms with E-state index in [4.69, 9.17) is 17.3 Å². The Kier molecular flexibility index (Phi) is 7.18. The van der Waals surface area contributed by atoms with Crippen molar-refractivity contribution in [1.29, 1.82) is 5.26 Å². The minimum absolute atomic E-state index is 0.0251. The van der Waals surface area contributed by atoms with Gasteiger partial charge in [0.2, 0.25) is 0 Å². The first-order chi connectivity index (χ1) is 12.8. The normalized spacial score (nSPS) is 15.1. The van der Waals surface area contributed by atoms with Gasteiger partial charge in [0.25, 0.3) is 0 Å². The predicted octanol–water partition coefficient (Wildman–Crippen LogP) is 5.80. The molecule has 0 aliphatic rings. The standard InChI is InChI=1S/C22H23NO2S2/c1-21(16-23,14-13-19(24)25)15-22(2,18-11-7-4-8-12-18)27-20(26)17-9-5-3-6-10-17/h3-12H,13-15H2,1-2H3,(H,24,25). The summed E-state index contributed by atoms with van der Waals surface area (Å²) in [6.45, 7) is 3.92. The number of nitrogens with zero attached hydrogens (tertiary/aromatic N) is 1. The van der Waals surface area contributed by atoms with E-state index in [2.05, 4.69) is 13.0 Å². The van der Waals surface area contributed by atoms with Crippen LogP contribution in [-0.4, -0.2) is 15.3 Å². The molecule has 0 heterocycles. The maximum Gasteiger partial charge on any atom is 0.303 e. The maximum atomic E-state index is 11.0. The van der Waals surface area contributed by atoms with Gasteiger partial charge in [-0.05, 0) is 37.8 Å². The summed E-state index contributed by atoms with van der Waals surface area (Å²) in [4.78, 5) is 11.0. The van der Waals surface area contributed by atoms with Crippen LogP contribution >= 0.6 is 24.0 Å². The molecule has 2 aromatic rings. The Morgan fingerprint density at radius 3 is 2.19 bits per heavy atom. The number of thioether (sulfide) groups is 1. The highest BCUT2D eigenvalue weighted by molar-refractivity contribution is 8.24. The van der Waals surface area contributed by atoms with Gasteiger partial charge in [-0.15, -0.1) is 11.8 Å². The van der Waals surface area contributed by atoms with Crippen molar-refractivity contribution in [2.24, 2.45) is 5.41 Å². The highest BCUT2D eigenvalue weighted by atomic mass is 32.2. The first kappa shape index (κ1) is 21.1. The van der Waals surface area contributed by atoms with Gasteiger partial charge in [-0.25, -0.2) is 0 Å². The van der Waals surface area contributed by atoms with Crippen molar-refractivity contribution in [3.8, 4) is 6.07 Å². The number of rotatable bonds is 8. The predicted molar refractivity (Wildman–Crippen MR) is 115 cm³/mol. The lowest BCUT2D eigenvalue weighted by atomic mass is 9.76. The van der Waals surface area contributed by atoms with E-state index in [1.807, 2.05) is 67.6 Å². The summed E-state index contributed by atoms with van der Waals surface area (Å²) in [6, 6.07) is 22.1. The van der Waals surface area contributed by atoms with E-state index in [1.165, 1.54) is 0 Å². The molecule has 1 N–H and O–H groups in total. The molecule has 140 valence electrons. The lowest BCUT2D eigenvalue weighted by Crippen LogP contribution is -2.29. The highest BCUT2D eigenvalue weighted by Gasteiger charge is 2.38. The van der Waals surface area contributed by atoms with Gasteiger partial charge in [0.05, 0.1) is 15.7 Å². The Hall–Kier alpha value is -2.16. The third-order valence-corrected chi connectivity index (χ3v) is 6.34. The maximum absolute atomic E-state index is 11.0. The van der Waals surface area contributed by atoms with Gasteiger partial charge in [0.15, 0.2) is 0 Å². The van der Waals surface area contributed by atoms with Crippen LogP contribution in [0.25, 0.3) is 0 Å². The summed E-state index contributed by atoms with van der Waals surface area (Å²) in [6.07, 6.45) is 0.786. The Balaban J connectivity index is 2.34. The molecule has 2 rings (SSSR count). The van der Waals surface area contributed by atoms with Crippen LogP contribution in [0.5, 0.6) is 0 Å². The number of carboxylic acid groups (broad SMARTS) is 1. The Bertz CT molecular complexity index is 832. The average molecular weight is 398 g/mol. The van der Waals surface area contributed by atoms with Gasteiger partial charge in [-0.3, -0.25) is 4.79 Å². The quantitative estimate of drug-likeness (QED) is 0.571. The molecule has 3 nitrogen and oxygen atoms in total. The zero-order valence-electron chi connectivity index (χ0n) is 15.5.